The van der Waals surface area contributed by atoms with Gasteiger partial charge in [0, 0.05) is 48.3 Å². The maximum atomic E-state index is 13.6. The van der Waals surface area contributed by atoms with E-state index in [1.807, 2.05) is 76.4 Å². The first kappa shape index (κ1) is 24.3. The third kappa shape index (κ3) is 4.69. The molecule has 1 aliphatic carbocycles. The maximum Gasteiger partial charge on any atom is 0.230 e. The number of benzene rings is 1. The van der Waals surface area contributed by atoms with Gasteiger partial charge in [0.05, 0.1) is 11.0 Å². The van der Waals surface area contributed by atoms with Crippen LogP contribution in [0.2, 0.25) is 5.02 Å². The van der Waals surface area contributed by atoms with E-state index >= 15 is 0 Å². The predicted molar refractivity (Wildman–Crippen MR) is 138 cm³/mol. The van der Waals surface area contributed by atoms with Crippen LogP contribution in [0.3, 0.4) is 0 Å². The van der Waals surface area contributed by atoms with Crippen molar-refractivity contribution >= 4 is 23.3 Å². The molecular weight excluding hydrogens is 446 g/mol. The Morgan fingerprint density at radius 2 is 1.82 bits per heavy atom. The molecular formula is C27H34ClN5O. The number of hydrogen-bond acceptors (Lipinski definition) is 4. The molecule has 1 saturated carbocycles. The Labute approximate surface area is 207 Å². The fourth-order valence-electron chi connectivity index (χ4n) is 4.81. The van der Waals surface area contributed by atoms with E-state index in [9.17, 15) is 4.79 Å². The van der Waals surface area contributed by atoms with E-state index < -0.39 is 11.0 Å². The number of carbonyl (C=O) groups is 1. The van der Waals surface area contributed by atoms with Crippen LogP contribution in [0.4, 0.5) is 5.82 Å². The van der Waals surface area contributed by atoms with E-state index in [1.165, 1.54) is 6.42 Å². The maximum absolute atomic E-state index is 13.6. The summed E-state index contributed by atoms with van der Waals surface area (Å²) < 4.78 is 0. The summed E-state index contributed by atoms with van der Waals surface area (Å²) in [5.41, 5.74) is 2.78. The third-order valence-corrected chi connectivity index (χ3v) is 7.27. The Morgan fingerprint density at radius 1 is 1.15 bits per heavy atom. The van der Waals surface area contributed by atoms with Gasteiger partial charge in [-0.05, 0) is 57.4 Å². The Hall–Kier alpha value is -2.86. The Bertz CT molecular complexity index is 1160. The van der Waals surface area contributed by atoms with Gasteiger partial charge in [0.25, 0.3) is 0 Å². The Balaban J connectivity index is 1.65. The highest BCUT2D eigenvalue weighted by Crippen LogP contribution is 2.39. The summed E-state index contributed by atoms with van der Waals surface area (Å²) in [5.74, 6) is 1.59. The average molecular weight is 480 g/mol. The molecule has 0 saturated heterocycles. The second-order valence-corrected chi connectivity index (χ2v) is 10.6. The van der Waals surface area contributed by atoms with Crippen LogP contribution in [0.1, 0.15) is 62.8 Å². The zero-order valence-electron chi connectivity index (χ0n) is 20.7. The Kier molecular flexibility index (Phi) is 6.72. The van der Waals surface area contributed by atoms with Crippen molar-refractivity contribution < 1.29 is 4.79 Å². The van der Waals surface area contributed by atoms with E-state index in [-0.39, 0.29) is 5.91 Å². The highest BCUT2D eigenvalue weighted by molar-refractivity contribution is 6.30. The summed E-state index contributed by atoms with van der Waals surface area (Å²) >= 11 is 6.07. The van der Waals surface area contributed by atoms with Crippen molar-refractivity contribution in [2.45, 2.75) is 63.8 Å². The zero-order valence-corrected chi connectivity index (χ0v) is 21.5. The van der Waals surface area contributed by atoms with Crippen molar-refractivity contribution in [1.82, 2.24) is 20.3 Å². The van der Waals surface area contributed by atoms with E-state index in [1.54, 1.807) is 0 Å². The first-order chi connectivity index (χ1) is 16.1. The number of H-pyrrole nitrogens is 1. The summed E-state index contributed by atoms with van der Waals surface area (Å²) in [6.07, 6.45) is 8.92. The van der Waals surface area contributed by atoms with Crippen LogP contribution in [0.25, 0.3) is 11.4 Å². The zero-order chi connectivity index (χ0) is 24.5. The van der Waals surface area contributed by atoms with Gasteiger partial charge < -0.3 is 15.2 Å². The lowest BCUT2D eigenvalue weighted by Gasteiger charge is -2.40. The van der Waals surface area contributed by atoms with Gasteiger partial charge in [0.2, 0.25) is 5.91 Å². The van der Waals surface area contributed by atoms with Gasteiger partial charge in [-0.1, -0.05) is 43.0 Å². The topological polar surface area (TPSA) is 73.9 Å². The van der Waals surface area contributed by atoms with Crippen molar-refractivity contribution in [3.8, 4) is 11.4 Å². The van der Waals surface area contributed by atoms with Gasteiger partial charge in [-0.2, -0.15) is 0 Å². The number of aromatic amines is 1. The van der Waals surface area contributed by atoms with Crippen molar-refractivity contribution in [2.24, 2.45) is 0 Å². The van der Waals surface area contributed by atoms with Crippen LogP contribution in [-0.2, 0) is 15.7 Å². The molecule has 2 aromatic heterocycles. The van der Waals surface area contributed by atoms with Gasteiger partial charge >= 0.3 is 0 Å². The normalized spacial score (nSPS) is 15.7. The standard InChI is InChI=1S/C27H34ClN5O/c1-18-16-30-23(31-24(18)33(4)5)19-15-22(29-17-19)27(13-7-6-8-14-27)32-25(34)26(2,3)20-9-11-21(28)12-10-20/h9-12,15-17,29H,6-8,13-14H2,1-5H3,(H,32,34). The summed E-state index contributed by atoms with van der Waals surface area (Å²) in [6.45, 7) is 5.94. The van der Waals surface area contributed by atoms with Gasteiger partial charge in [-0.3, -0.25) is 4.79 Å². The fraction of sp³-hybridized carbons (Fsp3) is 0.444. The molecule has 2 heterocycles. The number of rotatable bonds is 6. The molecule has 6 nitrogen and oxygen atoms in total. The first-order valence-corrected chi connectivity index (χ1v) is 12.3. The summed E-state index contributed by atoms with van der Waals surface area (Å²) in [5, 5.41) is 4.12. The van der Waals surface area contributed by atoms with Crippen molar-refractivity contribution in [2.75, 3.05) is 19.0 Å². The minimum atomic E-state index is -0.689. The molecule has 180 valence electrons. The quantitative estimate of drug-likeness (QED) is 0.471. The molecule has 1 aliphatic rings. The van der Waals surface area contributed by atoms with Crippen LogP contribution < -0.4 is 10.2 Å². The highest BCUT2D eigenvalue weighted by Gasteiger charge is 2.41. The largest absolute Gasteiger partial charge is 0.362 e. The molecule has 1 amide bonds. The average Bonchev–Trinajstić information content (AvgIpc) is 3.31. The van der Waals surface area contributed by atoms with Crippen LogP contribution in [0.5, 0.6) is 0 Å². The minimum absolute atomic E-state index is 0.00866. The number of carbonyl (C=O) groups excluding carboxylic acids is 1. The predicted octanol–water partition coefficient (Wildman–Crippen LogP) is 5.75. The van der Waals surface area contributed by atoms with Gasteiger partial charge in [-0.25, -0.2) is 9.97 Å². The molecule has 1 fully saturated rings. The van der Waals surface area contributed by atoms with E-state index in [0.717, 1.165) is 53.9 Å². The summed E-state index contributed by atoms with van der Waals surface area (Å²) in [6, 6.07) is 9.63. The number of nitrogens with one attached hydrogen (secondary N) is 2. The molecule has 34 heavy (non-hydrogen) atoms. The Morgan fingerprint density at radius 3 is 2.47 bits per heavy atom. The number of amides is 1. The van der Waals surface area contributed by atoms with Crippen molar-refractivity contribution in [3.63, 3.8) is 0 Å². The smallest absolute Gasteiger partial charge is 0.230 e. The summed E-state index contributed by atoms with van der Waals surface area (Å²) in [7, 11) is 3.97. The molecule has 7 heteroatoms. The fourth-order valence-corrected chi connectivity index (χ4v) is 4.94. The molecule has 4 rings (SSSR count). The molecule has 3 aromatic rings. The number of halogens is 1. The molecule has 0 spiro atoms. The number of aromatic nitrogens is 3. The molecule has 0 unspecified atom stereocenters. The SMILES string of the molecule is Cc1cnc(-c2c[nH]c(C3(NC(=O)C(C)(C)c4ccc(Cl)cc4)CCCCC3)c2)nc1N(C)C. The van der Waals surface area contributed by atoms with Gasteiger partial charge in [-0.15, -0.1) is 0 Å². The number of nitrogens with zero attached hydrogens (tertiary/aromatic N) is 3. The van der Waals surface area contributed by atoms with Crippen molar-refractivity contribution in [1.29, 1.82) is 0 Å². The van der Waals surface area contributed by atoms with Crippen LogP contribution >= 0.6 is 11.6 Å². The lowest BCUT2D eigenvalue weighted by Crippen LogP contribution is -2.52. The highest BCUT2D eigenvalue weighted by atomic mass is 35.5. The van der Waals surface area contributed by atoms with Crippen LogP contribution in [0.15, 0.2) is 42.7 Å². The molecule has 0 atom stereocenters. The molecule has 0 bridgehead atoms. The third-order valence-electron chi connectivity index (χ3n) is 7.02. The molecule has 1 aromatic carbocycles. The lowest BCUT2D eigenvalue weighted by molar-refractivity contribution is -0.128. The van der Waals surface area contributed by atoms with Crippen LogP contribution in [-0.4, -0.2) is 35.0 Å². The lowest BCUT2D eigenvalue weighted by atomic mass is 9.77. The van der Waals surface area contributed by atoms with Gasteiger partial charge in [0.1, 0.15) is 5.82 Å². The minimum Gasteiger partial charge on any atom is -0.362 e. The first-order valence-electron chi connectivity index (χ1n) is 11.9. The number of anilines is 1. The number of aryl methyl sites for hydroxylation is 1. The van der Waals surface area contributed by atoms with E-state index in [2.05, 4.69) is 21.4 Å². The monoisotopic (exact) mass is 479 g/mol. The van der Waals surface area contributed by atoms with Crippen molar-refractivity contribution in [3.05, 3.63) is 64.6 Å². The van der Waals surface area contributed by atoms with E-state index in [4.69, 9.17) is 16.6 Å². The second-order valence-electron chi connectivity index (χ2n) is 10.1. The summed E-state index contributed by atoms with van der Waals surface area (Å²) in [4.78, 5) is 28.4. The molecule has 0 aliphatic heterocycles. The second kappa shape index (κ2) is 9.41. The molecule has 2 N–H and O–H groups in total. The van der Waals surface area contributed by atoms with E-state index in [0.29, 0.717) is 10.8 Å². The van der Waals surface area contributed by atoms with Crippen LogP contribution in [0, 0.1) is 6.92 Å². The number of hydrogen-bond donors (Lipinski definition) is 2. The molecule has 0 radical (unpaired) electrons. The van der Waals surface area contributed by atoms with Gasteiger partial charge in [0.15, 0.2) is 5.82 Å².